The van der Waals surface area contributed by atoms with Crippen LogP contribution >= 0.6 is 0 Å². The molecule has 2 heterocycles. The quantitative estimate of drug-likeness (QED) is 0.629. The van der Waals surface area contributed by atoms with Crippen LogP contribution in [0.3, 0.4) is 0 Å². The number of nitrogen functional groups attached to an aromatic ring is 1. The Kier molecular flexibility index (Phi) is 3.89. The molecule has 1 aliphatic rings. The summed E-state index contributed by atoms with van der Waals surface area (Å²) in [6, 6.07) is 16.2. The molecule has 0 atom stereocenters. The summed E-state index contributed by atoms with van der Waals surface area (Å²) in [5, 5.41) is 12.8. The summed E-state index contributed by atoms with van der Waals surface area (Å²) in [5.74, 6) is 0.202. The van der Waals surface area contributed by atoms with Gasteiger partial charge in [-0.15, -0.1) is 0 Å². The molecule has 7 heteroatoms. The lowest BCUT2D eigenvalue weighted by Gasteiger charge is -2.16. The average Bonchev–Trinajstić information content (AvgIpc) is 3.07. The van der Waals surface area contributed by atoms with Gasteiger partial charge in [0.05, 0.1) is 5.69 Å². The van der Waals surface area contributed by atoms with Gasteiger partial charge >= 0.3 is 0 Å². The number of para-hydroxylation sites is 2. The number of nitrogens with two attached hydrogens (primary N) is 1. The second-order valence-electron chi connectivity index (χ2n) is 6.07. The Morgan fingerprint density at radius 2 is 1.69 bits per heavy atom. The third-order valence-corrected chi connectivity index (χ3v) is 4.26. The van der Waals surface area contributed by atoms with Crippen LogP contribution in [-0.2, 0) is 13.1 Å². The van der Waals surface area contributed by atoms with Gasteiger partial charge in [0.25, 0.3) is 5.91 Å². The molecule has 0 radical (unpaired) electrons. The van der Waals surface area contributed by atoms with E-state index >= 15 is 0 Å². The van der Waals surface area contributed by atoms with Crippen LogP contribution in [-0.4, -0.2) is 25.9 Å². The monoisotopic (exact) mass is 347 g/mol. The van der Waals surface area contributed by atoms with Crippen molar-refractivity contribution in [2.24, 2.45) is 0 Å². The first kappa shape index (κ1) is 15.9. The Balaban J connectivity index is 1.59. The van der Waals surface area contributed by atoms with Crippen molar-refractivity contribution in [1.29, 1.82) is 0 Å². The maximum atomic E-state index is 12.8. The van der Waals surface area contributed by atoms with Crippen LogP contribution in [0.4, 0.5) is 17.5 Å². The SMILES string of the molecule is Nc1nc(Nc2ccccc2O)cc(C(=O)N2Cc3ccccc3C2)n1. The zero-order valence-electron chi connectivity index (χ0n) is 13.9. The second-order valence-corrected chi connectivity index (χ2v) is 6.07. The molecule has 0 aliphatic carbocycles. The zero-order chi connectivity index (χ0) is 18.1. The van der Waals surface area contributed by atoms with Gasteiger partial charge in [-0.25, -0.2) is 4.98 Å². The fourth-order valence-electron chi connectivity index (χ4n) is 3.00. The summed E-state index contributed by atoms with van der Waals surface area (Å²) in [4.78, 5) is 22.7. The average molecular weight is 347 g/mol. The van der Waals surface area contributed by atoms with Gasteiger partial charge in [0.2, 0.25) is 5.95 Å². The van der Waals surface area contributed by atoms with Crippen LogP contribution in [0.1, 0.15) is 21.6 Å². The molecule has 0 saturated heterocycles. The molecule has 3 aromatic rings. The number of aromatic nitrogens is 2. The van der Waals surface area contributed by atoms with Crippen molar-refractivity contribution in [3.63, 3.8) is 0 Å². The first-order valence-electron chi connectivity index (χ1n) is 8.16. The summed E-state index contributed by atoms with van der Waals surface area (Å²) in [6.07, 6.45) is 0. The smallest absolute Gasteiger partial charge is 0.273 e. The van der Waals surface area contributed by atoms with E-state index in [1.54, 1.807) is 29.2 Å². The molecule has 1 aliphatic heterocycles. The number of benzene rings is 2. The summed E-state index contributed by atoms with van der Waals surface area (Å²) in [7, 11) is 0. The highest BCUT2D eigenvalue weighted by molar-refractivity contribution is 5.93. The van der Waals surface area contributed by atoms with E-state index in [0.29, 0.717) is 24.6 Å². The van der Waals surface area contributed by atoms with Crippen LogP contribution in [0.5, 0.6) is 5.75 Å². The van der Waals surface area contributed by atoms with E-state index in [2.05, 4.69) is 15.3 Å². The molecule has 0 fully saturated rings. The molecule has 26 heavy (non-hydrogen) atoms. The molecule has 0 spiro atoms. The Hall–Kier alpha value is -3.61. The Morgan fingerprint density at radius 1 is 1.04 bits per heavy atom. The van der Waals surface area contributed by atoms with Crippen molar-refractivity contribution in [1.82, 2.24) is 14.9 Å². The number of nitrogens with one attached hydrogen (secondary N) is 1. The van der Waals surface area contributed by atoms with E-state index < -0.39 is 0 Å². The van der Waals surface area contributed by atoms with Crippen molar-refractivity contribution >= 4 is 23.4 Å². The Morgan fingerprint density at radius 3 is 2.38 bits per heavy atom. The summed E-state index contributed by atoms with van der Waals surface area (Å²) in [6.45, 7) is 1.09. The summed E-state index contributed by atoms with van der Waals surface area (Å²) in [5.41, 5.74) is 8.73. The molecule has 2 aromatic carbocycles. The number of fused-ring (bicyclic) bond motifs is 1. The van der Waals surface area contributed by atoms with E-state index in [9.17, 15) is 9.90 Å². The van der Waals surface area contributed by atoms with Crippen LogP contribution in [0.25, 0.3) is 0 Å². The van der Waals surface area contributed by atoms with Crippen molar-refractivity contribution in [3.8, 4) is 5.75 Å². The van der Waals surface area contributed by atoms with Crippen LogP contribution in [0.2, 0.25) is 0 Å². The number of amides is 1. The lowest BCUT2D eigenvalue weighted by Crippen LogP contribution is -2.26. The number of phenols is 1. The minimum atomic E-state index is -0.212. The van der Waals surface area contributed by atoms with E-state index in [0.717, 1.165) is 11.1 Å². The molecule has 0 bridgehead atoms. The highest BCUT2D eigenvalue weighted by Crippen LogP contribution is 2.27. The fraction of sp³-hybridized carbons (Fsp3) is 0.105. The van der Waals surface area contributed by atoms with Gasteiger partial charge in [-0.1, -0.05) is 36.4 Å². The number of aromatic hydroxyl groups is 1. The Labute approximate surface area is 150 Å². The molecule has 4 rings (SSSR count). The molecule has 0 unspecified atom stereocenters. The molecular weight excluding hydrogens is 330 g/mol. The van der Waals surface area contributed by atoms with Crippen molar-refractivity contribution < 1.29 is 9.90 Å². The zero-order valence-corrected chi connectivity index (χ0v) is 13.9. The topological polar surface area (TPSA) is 104 Å². The third kappa shape index (κ3) is 3.02. The van der Waals surface area contributed by atoms with Gasteiger partial charge in [0.15, 0.2) is 0 Å². The van der Waals surface area contributed by atoms with Gasteiger partial charge in [-0.2, -0.15) is 4.98 Å². The molecule has 7 nitrogen and oxygen atoms in total. The summed E-state index contributed by atoms with van der Waals surface area (Å²) >= 11 is 0. The maximum Gasteiger partial charge on any atom is 0.273 e. The van der Waals surface area contributed by atoms with E-state index in [1.807, 2.05) is 24.3 Å². The first-order chi connectivity index (χ1) is 12.6. The number of phenolic OH excluding ortho intramolecular Hbond substituents is 1. The fourth-order valence-corrected chi connectivity index (χ4v) is 3.00. The van der Waals surface area contributed by atoms with Gasteiger partial charge in [0, 0.05) is 19.2 Å². The molecule has 1 aromatic heterocycles. The second kappa shape index (κ2) is 6.36. The van der Waals surface area contributed by atoms with Crippen molar-refractivity contribution in [2.45, 2.75) is 13.1 Å². The van der Waals surface area contributed by atoms with Crippen molar-refractivity contribution in [2.75, 3.05) is 11.1 Å². The van der Waals surface area contributed by atoms with E-state index in [1.165, 1.54) is 6.07 Å². The predicted octanol–water partition coefficient (Wildman–Crippen LogP) is 2.66. The van der Waals surface area contributed by atoms with E-state index in [-0.39, 0.29) is 23.3 Å². The minimum Gasteiger partial charge on any atom is -0.506 e. The number of hydrogen-bond acceptors (Lipinski definition) is 6. The van der Waals surface area contributed by atoms with Gasteiger partial charge in [0.1, 0.15) is 17.3 Å². The number of carbonyl (C=O) groups is 1. The van der Waals surface area contributed by atoms with Gasteiger partial charge < -0.3 is 21.1 Å². The predicted molar refractivity (Wildman–Crippen MR) is 97.9 cm³/mol. The van der Waals surface area contributed by atoms with Crippen LogP contribution < -0.4 is 11.1 Å². The third-order valence-electron chi connectivity index (χ3n) is 4.26. The number of hydrogen-bond donors (Lipinski definition) is 3. The highest BCUT2D eigenvalue weighted by atomic mass is 16.3. The van der Waals surface area contributed by atoms with Crippen LogP contribution in [0.15, 0.2) is 54.6 Å². The standard InChI is InChI=1S/C19H17N5O2/c20-19-22-15(9-17(23-19)21-14-7-3-4-8-16(14)25)18(26)24-10-12-5-1-2-6-13(12)11-24/h1-9,25H,10-11H2,(H3,20,21,22,23). The molecule has 0 saturated carbocycles. The van der Waals surface area contributed by atoms with Crippen LogP contribution in [0, 0.1) is 0 Å². The maximum absolute atomic E-state index is 12.8. The lowest BCUT2D eigenvalue weighted by molar-refractivity contribution is 0.0745. The lowest BCUT2D eigenvalue weighted by atomic mass is 10.1. The molecule has 1 amide bonds. The highest BCUT2D eigenvalue weighted by Gasteiger charge is 2.25. The number of rotatable bonds is 3. The minimum absolute atomic E-state index is 0.00881. The molecular formula is C19H17N5O2. The number of nitrogens with zero attached hydrogens (tertiary/aromatic N) is 3. The first-order valence-corrected chi connectivity index (χ1v) is 8.16. The largest absolute Gasteiger partial charge is 0.506 e. The number of anilines is 3. The normalized spacial score (nSPS) is 12.7. The van der Waals surface area contributed by atoms with Gasteiger partial charge in [-0.05, 0) is 23.3 Å². The summed E-state index contributed by atoms with van der Waals surface area (Å²) < 4.78 is 0. The molecule has 4 N–H and O–H groups in total. The van der Waals surface area contributed by atoms with Crippen molar-refractivity contribution in [3.05, 3.63) is 71.4 Å². The van der Waals surface area contributed by atoms with E-state index in [4.69, 9.17) is 5.73 Å². The molecule has 130 valence electrons. The number of carbonyl (C=O) groups excluding carboxylic acids is 1. The van der Waals surface area contributed by atoms with Gasteiger partial charge in [-0.3, -0.25) is 4.79 Å². The Bertz CT molecular complexity index is 964.